The summed E-state index contributed by atoms with van der Waals surface area (Å²) in [6.07, 6.45) is 0.711. The van der Waals surface area contributed by atoms with E-state index in [-0.39, 0.29) is 11.8 Å². The molecule has 6 heteroatoms. The van der Waals surface area contributed by atoms with Gasteiger partial charge in [0, 0.05) is 25.6 Å². The number of hydrogen-bond donors (Lipinski definition) is 2. The zero-order valence-electron chi connectivity index (χ0n) is 14.7. The highest BCUT2D eigenvalue weighted by atomic mass is 16.6. The minimum absolute atomic E-state index is 0.0778. The van der Waals surface area contributed by atoms with E-state index in [1.54, 1.807) is 12.1 Å². The molecule has 0 saturated heterocycles. The van der Waals surface area contributed by atoms with Gasteiger partial charge in [0.2, 0.25) is 5.91 Å². The summed E-state index contributed by atoms with van der Waals surface area (Å²) in [5, 5.41) is 5.64. The van der Waals surface area contributed by atoms with Crippen LogP contribution in [-0.4, -0.2) is 31.6 Å². The third-order valence-electron chi connectivity index (χ3n) is 4.06. The van der Waals surface area contributed by atoms with Gasteiger partial charge in [0.05, 0.1) is 0 Å². The summed E-state index contributed by atoms with van der Waals surface area (Å²) in [5.74, 6) is 1.33. The van der Waals surface area contributed by atoms with Crippen LogP contribution in [0.2, 0.25) is 0 Å². The van der Waals surface area contributed by atoms with E-state index in [2.05, 4.69) is 10.6 Å². The number of ether oxygens (including phenoxy) is 2. The molecule has 1 aliphatic heterocycles. The minimum Gasteiger partial charge on any atom is -0.486 e. The maximum Gasteiger partial charge on any atom is 0.251 e. The van der Waals surface area contributed by atoms with Gasteiger partial charge in [-0.25, -0.2) is 0 Å². The van der Waals surface area contributed by atoms with E-state index in [0.717, 1.165) is 22.6 Å². The van der Waals surface area contributed by atoms with E-state index in [9.17, 15) is 9.59 Å². The van der Waals surface area contributed by atoms with Crippen molar-refractivity contribution >= 4 is 11.8 Å². The molecule has 2 aromatic carbocycles. The Morgan fingerprint density at radius 2 is 1.62 bits per heavy atom. The van der Waals surface area contributed by atoms with Gasteiger partial charge in [-0.15, -0.1) is 0 Å². The van der Waals surface area contributed by atoms with Crippen LogP contribution in [0.15, 0.2) is 42.5 Å². The molecule has 0 aliphatic carbocycles. The second-order valence-corrected chi connectivity index (χ2v) is 6.09. The fraction of sp³-hybridized carbons (Fsp3) is 0.300. The van der Waals surface area contributed by atoms with Crippen LogP contribution < -0.4 is 20.1 Å². The number of hydrogen-bond acceptors (Lipinski definition) is 4. The molecular formula is C20H22N2O4. The van der Waals surface area contributed by atoms with Crippen LogP contribution in [0.1, 0.15) is 28.4 Å². The largest absolute Gasteiger partial charge is 0.486 e. The summed E-state index contributed by atoms with van der Waals surface area (Å²) >= 11 is 0. The smallest absolute Gasteiger partial charge is 0.251 e. The standard InChI is InChI=1S/C20H22N2O4/c1-14(23)22-13-16-2-5-17(6-3-16)20(24)21-9-8-15-4-7-18-19(12-15)26-11-10-25-18/h2-7,12H,8-11,13H2,1H3,(H,21,24)(H,22,23). The first kappa shape index (κ1) is 17.8. The van der Waals surface area contributed by atoms with E-state index in [1.807, 2.05) is 30.3 Å². The van der Waals surface area contributed by atoms with Gasteiger partial charge in [0.1, 0.15) is 13.2 Å². The number of amides is 2. The van der Waals surface area contributed by atoms with Crippen molar-refractivity contribution in [2.45, 2.75) is 19.9 Å². The lowest BCUT2D eigenvalue weighted by Gasteiger charge is -2.18. The third-order valence-corrected chi connectivity index (χ3v) is 4.06. The molecule has 0 saturated carbocycles. The van der Waals surface area contributed by atoms with Gasteiger partial charge < -0.3 is 20.1 Å². The molecule has 3 rings (SSSR count). The molecule has 0 atom stereocenters. The molecule has 26 heavy (non-hydrogen) atoms. The molecule has 0 bridgehead atoms. The van der Waals surface area contributed by atoms with Gasteiger partial charge in [-0.1, -0.05) is 18.2 Å². The molecule has 0 aromatic heterocycles. The zero-order valence-corrected chi connectivity index (χ0v) is 14.7. The molecule has 2 amide bonds. The Bertz CT molecular complexity index is 787. The minimum atomic E-state index is -0.117. The molecule has 2 N–H and O–H groups in total. The molecule has 1 aliphatic rings. The molecule has 0 radical (unpaired) electrons. The van der Waals surface area contributed by atoms with Crippen molar-refractivity contribution in [2.24, 2.45) is 0 Å². The van der Waals surface area contributed by atoms with Gasteiger partial charge in [0.25, 0.3) is 5.91 Å². The average Bonchev–Trinajstić information content (AvgIpc) is 2.66. The first-order chi connectivity index (χ1) is 12.6. The van der Waals surface area contributed by atoms with Crippen molar-refractivity contribution in [1.82, 2.24) is 10.6 Å². The van der Waals surface area contributed by atoms with Crippen LogP contribution in [0.3, 0.4) is 0 Å². The lowest BCUT2D eigenvalue weighted by Crippen LogP contribution is -2.26. The number of carbonyl (C=O) groups is 2. The lowest BCUT2D eigenvalue weighted by molar-refractivity contribution is -0.119. The van der Waals surface area contributed by atoms with Crippen LogP contribution in [0.4, 0.5) is 0 Å². The van der Waals surface area contributed by atoms with Crippen LogP contribution in [-0.2, 0) is 17.8 Å². The Kier molecular flexibility index (Phi) is 5.73. The molecule has 0 unspecified atom stereocenters. The van der Waals surface area contributed by atoms with Gasteiger partial charge in [-0.05, 0) is 41.8 Å². The lowest BCUT2D eigenvalue weighted by atomic mass is 10.1. The number of rotatable bonds is 6. The Balaban J connectivity index is 1.48. The van der Waals surface area contributed by atoms with Gasteiger partial charge in [-0.2, -0.15) is 0 Å². The Morgan fingerprint density at radius 1 is 0.923 bits per heavy atom. The highest BCUT2D eigenvalue weighted by molar-refractivity contribution is 5.94. The van der Waals surface area contributed by atoms with E-state index in [4.69, 9.17) is 9.47 Å². The Hall–Kier alpha value is -3.02. The first-order valence-electron chi connectivity index (χ1n) is 8.62. The van der Waals surface area contributed by atoms with Crippen molar-refractivity contribution in [2.75, 3.05) is 19.8 Å². The summed E-state index contributed by atoms with van der Waals surface area (Å²) in [6, 6.07) is 13.0. The normalized spacial score (nSPS) is 12.3. The van der Waals surface area contributed by atoms with Crippen molar-refractivity contribution < 1.29 is 19.1 Å². The molecule has 0 spiro atoms. The van der Waals surface area contributed by atoms with Gasteiger partial charge in [0.15, 0.2) is 11.5 Å². The monoisotopic (exact) mass is 354 g/mol. The third kappa shape index (κ3) is 4.75. The molecule has 0 fully saturated rings. The number of fused-ring (bicyclic) bond motifs is 1. The van der Waals surface area contributed by atoms with Crippen molar-refractivity contribution in [3.63, 3.8) is 0 Å². The topological polar surface area (TPSA) is 76.7 Å². The molecular weight excluding hydrogens is 332 g/mol. The average molecular weight is 354 g/mol. The summed E-state index contributed by atoms with van der Waals surface area (Å²) in [7, 11) is 0. The summed E-state index contributed by atoms with van der Waals surface area (Å²) in [6.45, 7) is 3.61. The molecule has 1 heterocycles. The van der Waals surface area contributed by atoms with E-state index >= 15 is 0 Å². The van der Waals surface area contributed by atoms with E-state index < -0.39 is 0 Å². The fourth-order valence-corrected chi connectivity index (χ4v) is 2.67. The fourth-order valence-electron chi connectivity index (χ4n) is 2.67. The molecule has 6 nitrogen and oxygen atoms in total. The molecule has 2 aromatic rings. The summed E-state index contributed by atoms with van der Waals surface area (Å²) in [5.41, 5.74) is 2.63. The number of benzene rings is 2. The zero-order chi connectivity index (χ0) is 18.4. The Morgan fingerprint density at radius 3 is 2.35 bits per heavy atom. The second kappa shape index (κ2) is 8.38. The second-order valence-electron chi connectivity index (χ2n) is 6.09. The SMILES string of the molecule is CC(=O)NCc1ccc(C(=O)NCCc2ccc3c(c2)OCCO3)cc1. The van der Waals surface area contributed by atoms with E-state index in [1.165, 1.54) is 6.92 Å². The van der Waals surface area contributed by atoms with Crippen molar-refractivity contribution in [3.8, 4) is 11.5 Å². The predicted molar refractivity (Wildman–Crippen MR) is 97.4 cm³/mol. The van der Waals surface area contributed by atoms with Crippen molar-refractivity contribution in [1.29, 1.82) is 0 Å². The Labute approximate surface area is 152 Å². The summed E-state index contributed by atoms with van der Waals surface area (Å²) in [4.78, 5) is 23.1. The highest BCUT2D eigenvalue weighted by Gasteiger charge is 2.12. The predicted octanol–water partition coefficient (Wildman–Crippen LogP) is 2.07. The maximum atomic E-state index is 12.2. The van der Waals surface area contributed by atoms with Crippen LogP contribution in [0.5, 0.6) is 11.5 Å². The van der Waals surface area contributed by atoms with Crippen LogP contribution >= 0.6 is 0 Å². The first-order valence-corrected chi connectivity index (χ1v) is 8.62. The number of carbonyl (C=O) groups excluding carboxylic acids is 2. The van der Waals surface area contributed by atoms with Crippen LogP contribution in [0, 0.1) is 0 Å². The van der Waals surface area contributed by atoms with Gasteiger partial charge in [-0.3, -0.25) is 9.59 Å². The summed E-state index contributed by atoms with van der Waals surface area (Å²) < 4.78 is 11.1. The van der Waals surface area contributed by atoms with Crippen LogP contribution in [0.25, 0.3) is 0 Å². The van der Waals surface area contributed by atoms with Gasteiger partial charge >= 0.3 is 0 Å². The van der Waals surface area contributed by atoms with Crippen molar-refractivity contribution in [3.05, 3.63) is 59.2 Å². The van der Waals surface area contributed by atoms with E-state index in [0.29, 0.717) is 38.3 Å². The molecule has 136 valence electrons. The number of nitrogens with one attached hydrogen (secondary N) is 2. The quantitative estimate of drug-likeness (QED) is 0.833. The highest BCUT2D eigenvalue weighted by Crippen LogP contribution is 2.30. The maximum absolute atomic E-state index is 12.2.